The second kappa shape index (κ2) is 12.6. The van der Waals surface area contributed by atoms with Gasteiger partial charge in [-0.2, -0.15) is 5.06 Å². The normalized spacial score (nSPS) is 22.7. The van der Waals surface area contributed by atoms with Crippen LogP contribution in [0.3, 0.4) is 0 Å². The maximum absolute atomic E-state index is 13.6. The molecule has 0 spiro atoms. The Balaban J connectivity index is 3.45. The number of hydroxylamine groups is 2. The van der Waals surface area contributed by atoms with E-state index < -0.39 is 44.0 Å². The van der Waals surface area contributed by atoms with E-state index in [0.717, 1.165) is 6.42 Å². The van der Waals surface area contributed by atoms with Gasteiger partial charge in [-0.05, 0) is 44.2 Å². The van der Waals surface area contributed by atoms with E-state index in [0.29, 0.717) is 19.4 Å². The first kappa shape index (κ1) is 28.5. The van der Waals surface area contributed by atoms with Crippen LogP contribution in [0.4, 0.5) is 0 Å². The topological polar surface area (TPSA) is 120 Å². The number of unbranched alkanes of at least 4 members (excludes halogenated alkanes) is 1. The van der Waals surface area contributed by atoms with Crippen molar-refractivity contribution in [1.29, 1.82) is 0 Å². The molecule has 0 aliphatic carbocycles. The maximum atomic E-state index is 13.6. The van der Waals surface area contributed by atoms with E-state index in [1.807, 2.05) is 20.0 Å². The molecule has 1 saturated heterocycles. The first-order valence-electron chi connectivity index (χ1n) is 11.5. The first-order chi connectivity index (χ1) is 14.9. The van der Waals surface area contributed by atoms with E-state index in [4.69, 9.17) is 14.0 Å². The molecule has 1 rings (SSSR count). The third-order valence-corrected chi connectivity index (χ3v) is 6.42. The smallest absolute Gasteiger partial charge is 0.330 e. The Labute approximate surface area is 193 Å². The van der Waals surface area contributed by atoms with Crippen LogP contribution in [0.25, 0.3) is 0 Å². The molecule has 1 heterocycles. The van der Waals surface area contributed by atoms with Gasteiger partial charge in [0.1, 0.15) is 6.04 Å². The van der Waals surface area contributed by atoms with Gasteiger partial charge in [-0.3, -0.25) is 20.2 Å². The fraction of sp³-hybridized carbons (Fsp3) is 0.905. The zero-order valence-electron chi connectivity index (χ0n) is 20.6. The van der Waals surface area contributed by atoms with Crippen LogP contribution >= 0.6 is 0 Å². The highest BCUT2D eigenvalue weighted by Gasteiger charge is 2.61. The highest BCUT2D eigenvalue weighted by atomic mass is 28.3. The van der Waals surface area contributed by atoms with Gasteiger partial charge in [0.05, 0.1) is 19.8 Å². The number of nitro groups is 1. The van der Waals surface area contributed by atoms with Crippen LogP contribution in [-0.2, 0) is 23.6 Å². The molecule has 1 N–H and O–H groups in total. The van der Waals surface area contributed by atoms with E-state index in [-0.39, 0.29) is 31.1 Å². The Bertz CT molecular complexity index is 641. The number of esters is 2. The molecule has 0 saturated carbocycles. The summed E-state index contributed by atoms with van der Waals surface area (Å²) in [6.45, 7) is 13.9. The molecule has 0 aromatic rings. The molecule has 1 fully saturated rings. The SMILES string of the molecule is CCCCOC(=O)C1(C(C[N+](=O)[O-])NCC(=O)OCC)CC(C(C)(C)C)CN1O[SiH](C)C. The molecule has 0 amide bonds. The number of ether oxygens (including phenoxy) is 2. The number of carbonyl (C=O) groups is 2. The summed E-state index contributed by atoms with van der Waals surface area (Å²) >= 11 is 0. The molecular weight excluding hydrogens is 434 g/mol. The minimum absolute atomic E-state index is 0.0348. The summed E-state index contributed by atoms with van der Waals surface area (Å²) < 4.78 is 16.8. The van der Waals surface area contributed by atoms with Crippen LogP contribution in [0.1, 0.15) is 53.9 Å². The zero-order valence-corrected chi connectivity index (χ0v) is 21.8. The number of carbonyl (C=O) groups excluding carboxylic acids is 2. The van der Waals surface area contributed by atoms with Gasteiger partial charge >= 0.3 is 11.9 Å². The van der Waals surface area contributed by atoms with Crippen LogP contribution in [0.5, 0.6) is 0 Å². The lowest BCUT2D eigenvalue weighted by atomic mass is 9.75. The van der Waals surface area contributed by atoms with Crippen LogP contribution in [-0.4, -0.2) is 75.4 Å². The highest BCUT2D eigenvalue weighted by molar-refractivity contribution is 6.48. The molecular formula is C21H41N3O7Si. The summed E-state index contributed by atoms with van der Waals surface area (Å²) in [4.78, 5) is 36.7. The van der Waals surface area contributed by atoms with Crippen molar-refractivity contribution in [3.8, 4) is 0 Å². The quantitative estimate of drug-likeness (QED) is 0.140. The van der Waals surface area contributed by atoms with Crippen molar-refractivity contribution >= 4 is 21.0 Å². The van der Waals surface area contributed by atoms with Gasteiger partial charge in [-0.1, -0.05) is 34.1 Å². The van der Waals surface area contributed by atoms with E-state index >= 15 is 0 Å². The maximum Gasteiger partial charge on any atom is 0.330 e. The van der Waals surface area contributed by atoms with Gasteiger partial charge in [0, 0.05) is 11.5 Å². The predicted octanol–water partition coefficient (Wildman–Crippen LogP) is 2.15. The van der Waals surface area contributed by atoms with E-state index in [1.54, 1.807) is 12.0 Å². The van der Waals surface area contributed by atoms with Crippen molar-refractivity contribution in [2.24, 2.45) is 11.3 Å². The lowest BCUT2D eigenvalue weighted by molar-refractivity contribution is -0.486. The lowest BCUT2D eigenvalue weighted by Crippen LogP contribution is -2.66. The molecule has 1 aliphatic rings. The Morgan fingerprint density at radius 2 is 1.94 bits per heavy atom. The molecule has 0 aromatic heterocycles. The van der Waals surface area contributed by atoms with Crippen LogP contribution in [0, 0.1) is 21.4 Å². The molecule has 10 nitrogen and oxygen atoms in total. The summed E-state index contributed by atoms with van der Waals surface area (Å²) in [7, 11) is -1.66. The average Bonchev–Trinajstić information content (AvgIpc) is 3.05. The fourth-order valence-corrected chi connectivity index (χ4v) is 4.69. The van der Waals surface area contributed by atoms with Crippen LogP contribution < -0.4 is 5.32 Å². The number of hydrogen-bond acceptors (Lipinski definition) is 9. The Hall–Kier alpha value is -1.56. The number of nitrogens with zero attached hydrogens (tertiary/aromatic N) is 2. The molecule has 0 aromatic carbocycles. The summed E-state index contributed by atoms with van der Waals surface area (Å²) in [5, 5.41) is 16.2. The van der Waals surface area contributed by atoms with Gasteiger partial charge in [0.25, 0.3) is 0 Å². The molecule has 32 heavy (non-hydrogen) atoms. The van der Waals surface area contributed by atoms with E-state index in [2.05, 4.69) is 26.1 Å². The molecule has 3 atom stereocenters. The second-order valence-electron chi connectivity index (χ2n) is 9.65. The van der Waals surface area contributed by atoms with Crippen molar-refractivity contribution in [1.82, 2.24) is 10.4 Å². The predicted molar refractivity (Wildman–Crippen MR) is 123 cm³/mol. The third-order valence-electron chi connectivity index (χ3n) is 5.74. The minimum atomic E-state index is -1.66. The highest BCUT2D eigenvalue weighted by Crippen LogP contribution is 2.45. The first-order valence-corrected chi connectivity index (χ1v) is 14.3. The molecule has 3 unspecified atom stereocenters. The third kappa shape index (κ3) is 7.79. The van der Waals surface area contributed by atoms with Crippen molar-refractivity contribution < 1.29 is 28.5 Å². The largest absolute Gasteiger partial charge is 0.465 e. The van der Waals surface area contributed by atoms with Crippen molar-refractivity contribution in [2.75, 3.05) is 32.8 Å². The fourth-order valence-electron chi connectivity index (χ4n) is 3.91. The van der Waals surface area contributed by atoms with Crippen molar-refractivity contribution in [2.45, 2.75) is 78.6 Å². The zero-order chi connectivity index (χ0) is 24.5. The minimum Gasteiger partial charge on any atom is -0.465 e. The summed E-state index contributed by atoms with van der Waals surface area (Å²) in [6.07, 6.45) is 1.88. The van der Waals surface area contributed by atoms with Gasteiger partial charge < -0.3 is 14.0 Å². The number of nitrogens with one attached hydrogen (secondary N) is 1. The molecule has 0 radical (unpaired) electrons. The molecule has 1 aliphatic heterocycles. The van der Waals surface area contributed by atoms with Crippen molar-refractivity contribution in [3.05, 3.63) is 10.1 Å². The summed E-state index contributed by atoms with van der Waals surface area (Å²) in [6, 6.07) is -0.990. The van der Waals surface area contributed by atoms with E-state index in [1.165, 1.54) is 0 Å². The van der Waals surface area contributed by atoms with E-state index in [9.17, 15) is 19.7 Å². The Kier molecular flexibility index (Phi) is 11.2. The standard InChI is InChI=1S/C21H41N3O7Si/c1-8-10-11-30-19(26)21(17(15-24(27)28)22-13-18(25)29-9-2)12-16(20(3,4)5)14-23(21)31-32(6)7/h16-17,22,32H,8-15H2,1-7H3. The van der Waals surface area contributed by atoms with Gasteiger partial charge in [0.2, 0.25) is 6.54 Å². The Morgan fingerprint density at radius 3 is 2.44 bits per heavy atom. The summed E-state index contributed by atoms with van der Waals surface area (Å²) in [5.41, 5.74) is -1.57. The van der Waals surface area contributed by atoms with Gasteiger partial charge in [0.15, 0.2) is 14.6 Å². The monoisotopic (exact) mass is 475 g/mol. The second-order valence-corrected chi connectivity index (χ2v) is 12.0. The molecule has 0 bridgehead atoms. The summed E-state index contributed by atoms with van der Waals surface area (Å²) in [5.74, 6) is -1.05. The Morgan fingerprint density at radius 1 is 1.28 bits per heavy atom. The number of hydrogen-bond donors (Lipinski definition) is 1. The number of rotatable bonds is 13. The lowest BCUT2D eigenvalue weighted by Gasteiger charge is -2.40. The van der Waals surface area contributed by atoms with Crippen molar-refractivity contribution in [3.63, 3.8) is 0 Å². The van der Waals surface area contributed by atoms with Crippen LogP contribution in [0.2, 0.25) is 13.1 Å². The van der Waals surface area contributed by atoms with Gasteiger partial charge in [-0.25, -0.2) is 4.79 Å². The van der Waals surface area contributed by atoms with Crippen LogP contribution in [0.15, 0.2) is 0 Å². The molecule has 186 valence electrons. The average molecular weight is 476 g/mol. The molecule has 11 heteroatoms. The van der Waals surface area contributed by atoms with Gasteiger partial charge in [-0.15, -0.1) is 0 Å².